The van der Waals surface area contributed by atoms with E-state index in [-0.39, 0.29) is 11.9 Å². The summed E-state index contributed by atoms with van der Waals surface area (Å²) in [5.41, 5.74) is 8.45. The van der Waals surface area contributed by atoms with Crippen molar-refractivity contribution in [1.82, 2.24) is 14.7 Å². The van der Waals surface area contributed by atoms with Crippen LogP contribution in [0.2, 0.25) is 0 Å². The zero-order chi connectivity index (χ0) is 16.2. The molecule has 0 saturated carbocycles. The van der Waals surface area contributed by atoms with Gasteiger partial charge in [-0.05, 0) is 24.5 Å². The van der Waals surface area contributed by atoms with E-state index in [9.17, 15) is 4.79 Å². The first-order valence-electron chi connectivity index (χ1n) is 8.21. The fourth-order valence-corrected chi connectivity index (χ4v) is 3.34. The lowest BCUT2D eigenvalue weighted by Crippen LogP contribution is -2.39. The second-order valence-electron chi connectivity index (χ2n) is 6.26. The fraction of sp³-hybridized carbons (Fsp3) is 0.444. The molecule has 5 nitrogen and oxygen atoms in total. The van der Waals surface area contributed by atoms with Crippen LogP contribution in [0.3, 0.4) is 0 Å². The van der Waals surface area contributed by atoms with Gasteiger partial charge in [-0.3, -0.25) is 9.48 Å². The Morgan fingerprint density at radius 3 is 2.57 bits per heavy atom. The second kappa shape index (κ2) is 6.96. The van der Waals surface area contributed by atoms with Crippen LogP contribution in [-0.4, -0.2) is 33.7 Å². The molecule has 5 heteroatoms. The Morgan fingerprint density at radius 2 is 1.96 bits per heavy atom. The molecule has 1 aliphatic heterocycles. The maximum Gasteiger partial charge on any atom is 0.224 e. The van der Waals surface area contributed by atoms with Gasteiger partial charge in [0.25, 0.3) is 0 Å². The number of amides is 1. The summed E-state index contributed by atoms with van der Waals surface area (Å²) < 4.78 is 1.94. The molecule has 0 bridgehead atoms. The SMILES string of the molecule is Cn1nccc1C1CCN(C(=O)C[C@@H](N)c2ccccc2)CC1. The molecule has 0 spiro atoms. The van der Waals surface area contributed by atoms with Crippen molar-refractivity contribution in [2.45, 2.75) is 31.2 Å². The minimum atomic E-state index is -0.224. The number of carbonyl (C=O) groups excluding carboxylic acids is 1. The third-order valence-corrected chi connectivity index (χ3v) is 4.75. The highest BCUT2D eigenvalue weighted by Crippen LogP contribution is 2.28. The van der Waals surface area contributed by atoms with Crippen LogP contribution in [0.15, 0.2) is 42.6 Å². The van der Waals surface area contributed by atoms with Crippen LogP contribution in [0.25, 0.3) is 0 Å². The second-order valence-corrected chi connectivity index (χ2v) is 6.26. The molecule has 1 atom stereocenters. The van der Waals surface area contributed by atoms with Gasteiger partial charge < -0.3 is 10.6 Å². The predicted octanol–water partition coefficient (Wildman–Crippen LogP) is 2.22. The molecule has 1 fully saturated rings. The molecule has 1 saturated heterocycles. The lowest BCUT2D eigenvalue weighted by atomic mass is 9.93. The zero-order valence-corrected chi connectivity index (χ0v) is 13.6. The summed E-state index contributed by atoms with van der Waals surface area (Å²) in [6.45, 7) is 1.60. The van der Waals surface area contributed by atoms with E-state index in [0.29, 0.717) is 12.3 Å². The van der Waals surface area contributed by atoms with E-state index >= 15 is 0 Å². The molecule has 2 N–H and O–H groups in total. The van der Waals surface area contributed by atoms with Crippen molar-refractivity contribution in [2.75, 3.05) is 13.1 Å². The van der Waals surface area contributed by atoms with Gasteiger partial charge in [-0.25, -0.2) is 0 Å². The van der Waals surface area contributed by atoms with E-state index < -0.39 is 0 Å². The standard InChI is InChI=1S/C18H24N4O/c1-21-17(7-10-20-21)15-8-11-22(12-9-15)18(23)13-16(19)14-5-3-2-4-6-14/h2-7,10,15-16H,8-9,11-13,19H2,1H3/t16-/m1/s1. The van der Waals surface area contributed by atoms with Gasteiger partial charge in [-0.1, -0.05) is 30.3 Å². The van der Waals surface area contributed by atoms with E-state index in [1.165, 1.54) is 5.69 Å². The number of likely N-dealkylation sites (tertiary alicyclic amines) is 1. The predicted molar refractivity (Wildman–Crippen MR) is 89.8 cm³/mol. The Labute approximate surface area is 137 Å². The molecule has 2 heterocycles. The molecule has 122 valence electrons. The van der Waals surface area contributed by atoms with Crippen molar-refractivity contribution in [3.8, 4) is 0 Å². The first kappa shape index (κ1) is 15.7. The van der Waals surface area contributed by atoms with E-state index in [4.69, 9.17) is 5.73 Å². The molecule has 0 radical (unpaired) electrons. The van der Waals surface area contributed by atoms with E-state index in [2.05, 4.69) is 11.2 Å². The number of hydrogen-bond acceptors (Lipinski definition) is 3. The van der Waals surface area contributed by atoms with Gasteiger partial charge in [0.1, 0.15) is 0 Å². The summed E-state index contributed by atoms with van der Waals surface area (Å²) in [7, 11) is 1.98. The van der Waals surface area contributed by atoms with Crippen LogP contribution in [0, 0.1) is 0 Å². The van der Waals surface area contributed by atoms with Gasteiger partial charge >= 0.3 is 0 Å². The third kappa shape index (κ3) is 3.62. The van der Waals surface area contributed by atoms with Crippen LogP contribution < -0.4 is 5.73 Å². The van der Waals surface area contributed by atoms with Crippen molar-refractivity contribution in [1.29, 1.82) is 0 Å². The molecule has 2 aromatic rings. The molecule has 1 amide bonds. The van der Waals surface area contributed by atoms with Crippen molar-refractivity contribution in [3.63, 3.8) is 0 Å². The molecule has 0 aliphatic carbocycles. The minimum Gasteiger partial charge on any atom is -0.343 e. The lowest BCUT2D eigenvalue weighted by molar-refractivity contribution is -0.132. The van der Waals surface area contributed by atoms with Crippen molar-refractivity contribution < 1.29 is 4.79 Å². The Balaban J connectivity index is 1.53. The molecule has 1 aromatic heterocycles. The van der Waals surface area contributed by atoms with Crippen LogP contribution >= 0.6 is 0 Å². The topological polar surface area (TPSA) is 64.2 Å². The Kier molecular flexibility index (Phi) is 4.76. The normalized spacial score (nSPS) is 17.2. The number of benzene rings is 1. The number of hydrogen-bond donors (Lipinski definition) is 1. The van der Waals surface area contributed by atoms with Crippen LogP contribution in [0.1, 0.15) is 42.5 Å². The van der Waals surface area contributed by atoms with Crippen LogP contribution in [0.4, 0.5) is 0 Å². The number of aryl methyl sites for hydroxylation is 1. The van der Waals surface area contributed by atoms with Crippen LogP contribution in [0.5, 0.6) is 0 Å². The van der Waals surface area contributed by atoms with E-state index in [1.54, 1.807) is 0 Å². The Hall–Kier alpha value is -2.14. The van der Waals surface area contributed by atoms with Crippen molar-refractivity contribution >= 4 is 5.91 Å². The van der Waals surface area contributed by atoms with Gasteiger partial charge in [0.15, 0.2) is 0 Å². The molecule has 1 aliphatic rings. The molecule has 23 heavy (non-hydrogen) atoms. The maximum atomic E-state index is 12.5. The Morgan fingerprint density at radius 1 is 1.26 bits per heavy atom. The summed E-state index contributed by atoms with van der Waals surface area (Å²) in [6, 6.07) is 11.7. The molecule has 0 unspecified atom stereocenters. The highest BCUT2D eigenvalue weighted by molar-refractivity contribution is 5.77. The van der Waals surface area contributed by atoms with Gasteiger partial charge in [0.05, 0.1) is 0 Å². The first-order chi connectivity index (χ1) is 11.1. The van der Waals surface area contributed by atoms with Crippen molar-refractivity contribution in [2.24, 2.45) is 12.8 Å². The fourth-order valence-electron chi connectivity index (χ4n) is 3.34. The molecular weight excluding hydrogens is 288 g/mol. The average molecular weight is 312 g/mol. The highest BCUT2D eigenvalue weighted by atomic mass is 16.2. The van der Waals surface area contributed by atoms with Gasteiger partial charge in [0.2, 0.25) is 5.91 Å². The highest BCUT2D eigenvalue weighted by Gasteiger charge is 2.26. The Bertz CT molecular complexity index is 644. The number of rotatable bonds is 4. The maximum absolute atomic E-state index is 12.5. The minimum absolute atomic E-state index is 0.157. The largest absolute Gasteiger partial charge is 0.343 e. The number of nitrogens with zero attached hydrogens (tertiary/aromatic N) is 3. The number of aromatic nitrogens is 2. The summed E-state index contributed by atoms with van der Waals surface area (Å²) in [6.07, 6.45) is 4.20. The van der Waals surface area contributed by atoms with Gasteiger partial charge in [0, 0.05) is 50.4 Å². The quantitative estimate of drug-likeness (QED) is 0.941. The molecule has 1 aromatic carbocycles. The van der Waals surface area contributed by atoms with Crippen LogP contribution in [-0.2, 0) is 11.8 Å². The van der Waals surface area contributed by atoms with Crippen molar-refractivity contribution in [3.05, 3.63) is 53.9 Å². The number of piperidine rings is 1. The van der Waals surface area contributed by atoms with E-state index in [1.807, 2.05) is 53.2 Å². The van der Waals surface area contributed by atoms with E-state index in [0.717, 1.165) is 31.5 Å². The third-order valence-electron chi connectivity index (χ3n) is 4.75. The first-order valence-corrected chi connectivity index (χ1v) is 8.21. The summed E-state index contributed by atoms with van der Waals surface area (Å²) in [5.74, 6) is 0.652. The van der Waals surface area contributed by atoms with Gasteiger partial charge in [-0.15, -0.1) is 0 Å². The number of nitrogens with two attached hydrogens (primary N) is 1. The summed E-state index contributed by atoms with van der Waals surface area (Å²) in [5, 5.41) is 4.24. The number of carbonyl (C=O) groups is 1. The average Bonchev–Trinajstić information content (AvgIpc) is 3.02. The summed E-state index contributed by atoms with van der Waals surface area (Å²) in [4.78, 5) is 14.4. The van der Waals surface area contributed by atoms with Gasteiger partial charge in [-0.2, -0.15) is 5.10 Å². The smallest absolute Gasteiger partial charge is 0.224 e. The molecule has 3 rings (SSSR count). The monoisotopic (exact) mass is 312 g/mol. The molecular formula is C18H24N4O. The zero-order valence-electron chi connectivity index (χ0n) is 13.6. The summed E-state index contributed by atoms with van der Waals surface area (Å²) >= 11 is 0. The lowest BCUT2D eigenvalue weighted by Gasteiger charge is -2.32.